The lowest BCUT2D eigenvalue weighted by Crippen LogP contribution is -2.27. The van der Waals surface area contributed by atoms with Gasteiger partial charge in [-0.2, -0.15) is 0 Å². The van der Waals surface area contributed by atoms with E-state index in [0.717, 1.165) is 5.56 Å². The lowest BCUT2D eigenvalue weighted by Gasteiger charge is -2.21. The Morgan fingerprint density at radius 2 is 1.78 bits per heavy atom. The van der Waals surface area contributed by atoms with Gasteiger partial charge in [-0.15, -0.1) is 0 Å². The number of nitrogens with zero attached hydrogens (tertiary/aromatic N) is 1. The van der Waals surface area contributed by atoms with Gasteiger partial charge < -0.3 is 14.4 Å². The molecule has 1 aliphatic carbocycles. The van der Waals surface area contributed by atoms with Crippen LogP contribution >= 0.6 is 15.9 Å². The predicted molar refractivity (Wildman–Crippen MR) is 131 cm³/mol. The summed E-state index contributed by atoms with van der Waals surface area (Å²) in [4.78, 5) is 25.9. The summed E-state index contributed by atoms with van der Waals surface area (Å²) in [6, 6.07) is 11.6. The van der Waals surface area contributed by atoms with E-state index in [1.165, 1.54) is 49.7 Å². The molecule has 0 radical (unpaired) electrons. The number of allylic oxidation sites excluding steroid dienone is 1. The van der Waals surface area contributed by atoms with Crippen LogP contribution in [0.4, 0.5) is 0 Å². The minimum Gasteiger partial charge on any atom is -0.493 e. The Morgan fingerprint density at radius 1 is 1.09 bits per heavy atom. The van der Waals surface area contributed by atoms with Crippen LogP contribution in [0.2, 0.25) is 0 Å². The van der Waals surface area contributed by atoms with Crippen LogP contribution in [0.1, 0.15) is 59.5 Å². The Bertz CT molecular complexity index is 976. The number of carbonyl (C=O) groups is 2. The second kappa shape index (κ2) is 11.3. The number of amides is 1. The van der Waals surface area contributed by atoms with E-state index in [9.17, 15) is 9.59 Å². The third-order valence-corrected chi connectivity index (χ3v) is 6.38. The smallest absolute Gasteiger partial charge is 0.259 e. The molecule has 2 aromatic rings. The molecule has 6 heteroatoms. The van der Waals surface area contributed by atoms with E-state index in [1.54, 1.807) is 32.3 Å². The van der Waals surface area contributed by atoms with Crippen LogP contribution in [0.25, 0.3) is 6.08 Å². The summed E-state index contributed by atoms with van der Waals surface area (Å²) in [5.74, 6) is 1.36. The highest BCUT2D eigenvalue weighted by molar-refractivity contribution is 9.10. The van der Waals surface area contributed by atoms with Gasteiger partial charge in [0.05, 0.1) is 11.6 Å². The van der Waals surface area contributed by atoms with Crippen LogP contribution in [0.15, 0.2) is 46.9 Å². The highest BCUT2D eigenvalue weighted by Crippen LogP contribution is 2.37. The molecular weight excluding hydrogens is 470 g/mol. The van der Waals surface area contributed by atoms with Crippen LogP contribution in [0, 0.1) is 0 Å². The average molecular weight is 500 g/mol. The Labute approximate surface area is 198 Å². The minimum atomic E-state index is -0.150. The van der Waals surface area contributed by atoms with Gasteiger partial charge in [0.1, 0.15) is 0 Å². The molecular formula is C26H30BrNO4. The Kier molecular flexibility index (Phi) is 8.51. The molecule has 0 unspecified atom stereocenters. The van der Waals surface area contributed by atoms with Crippen molar-refractivity contribution in [3.8, 4) is 11.5 Å². The van der Waals surface area contributed by atoms with E-state index < -0.39 is 0 Å². The Balaban J connectivity index is 1.69. The van der Waals surface area contributed by atoms with Gasteiger partial charge in [-0.3, -0.25) is 9.59 Å². The number of benzene rings is 2. The molecule has 0 aliphatic heterocycles. The van der Waals surface area contributed by atoms with Gasteiger partial charge >= 0.3 is 0 Å². The second-order valence-electron chi connectivity index (χ2n) is 8.27. The van der Waals surface area contributed by atoms with Crippen LogP contribution in [0.3, 0.4) is 0 Å². The topological polar surface area (TPSA) is 55.8 Å². The van der Waals surface area contributed by atoms with Gasteiger partial charge in [0.15, 0.2) is 23.9 Å². The first-order chi connectivity index (χ1) is 15.4. The van der Waals surface area contributed by atoms with Crippen molar-refractivity contribution in [2.75, 3.05) is 27.8 Å². The van der Waals surface area contributed by atoms with Crippen molar-refractivity contribution in [1.29, 1.82) is 0 Å². The van der Waals surface area contributed by atoms with Crippen molar-refractivity contribution < 1.29 is 19.1 Å². The van der Waals surface area contributed by atoms with Crippen LogP contribution in [-0.4, -0.2) is 44.4 Å². The van der Waals surface area contributed by atoms with Crippen molar-refractivity contribution >= 4 is 33.7 Å². The number of hydrogen-bond donors (Lipinski definition) is 0. The van der Waals surface area contributed by atoms with Crippen LogP contribution in [0.5, 0.6) is 11.5 Å². The monoisotopic (exact) mass is 499 g/mol. The number of rotatable bonds is 8. The first-order valence-electron chi connectivity index (χ1n) is 10.9. The van der Waals surface area contributed by atoms with Crippen molar-refractivity contribution in [1.82, 2.24) is 4.90 Å². The van der Waals surface area contributed by atoms with Gasteiger partial charge in [0.25, 0.3) is 5.91 Å². The maximum atomic E-state index is 12.7. The molecule has 3 rings (SSSR count). The molecule has 1 saturated carbocycles. The third kappa shape index (κ3) is 6.22. The molecule has 170 valence electrons. The fraction of sp³-hybridized carbons (Fsp3) is 0.385. The molecule has 0 aromatic heterocycles. The molecule has 0 heterocycles. The van der Waals surface area contributed by atoms with Crippen LogP contribution < -0.4 is 9.47 Å². The molecule has 1 fully saturated rings. The summed E-state index contributed by atoms with van der Waals surface area (Å²) in [6.07, 6.45) is 9.72. The van der Waals surface area contributed by atoms with Gasteiger partial charge in [0.2, 0.25) is 0 Å². The van der Waals surface area contributed by atoms with E-state index in [2.05, 4.69) is 28.1 Å². The maximum Gasteiger partial charge on any atom is 0.259 e. The van der Waals surface area contributed by atoms with E-state index in [1.807, 2.05) is 18.2 Å². The van der Waals surface area contributed by atoms with Gasteiger partial charge in [-0.25, -0.2) is 0 Å². The molecule has 0 N–H and O–H groups in total. The maximum absolute atomic E-state index is 12.7. The van der Waals surface area contributed by atoms with E-state index in [0.29, 0.717) is 27.5 Å². The van der Waals surface area contributed by atoms with Crippen molar-refractivity contribution in [2.45, 2.75) is 38.0 Å². The fourth-order valence-electron chi connectivity index (χ4n) is 3.86. The zero-order valence-electron chi connectivity index (χ0n) is 18.9. The number of halogens is 1. The number of carbonyl (C=O) groups excluding carboxylic acids is 2. The van der Waals surface area contributed by atoms with Crippen molar-refractivity contribution in [3.63, 3.8) is 0 Å². The molecule has 1 aliphatic rings. The van der Waals surface area contributed by atoms with Gasteiger partial charge in [-0.05, 0) is 64.0 Å². The fourth-order valence-corrected chi connectivity index (χ4v) is 4.44. The highest BCUT2D eigenvalue weighted by Gasteiger charge is 2.16. The standard InChI is InChI=1S/C26H30BrNO4/c1-28(2)25(30)17-32-26-22(27)15-18(16-24(26)31-3)9-14-23(29)21-12-10-20(11-13-21)19-7-5-4-6-8-19/h9-16,19H,4-8,17H2,1-3H3/b14-9+. The number of likely N-dealkylation sites (N-methyl/N-ethyl adjacent to an activating group) is 1. The molecule has 0 bridgehead atoms. The predicted octanol–water partition coefficient (Wildman–Crippen LogP) is 5.87. The summed E-state index contributed by atoms with van der Waals surface area (Å²) in [5, 5.41) is 0. The SMILES string of the molecule is COc1cc(/C=C/C(=O)c2ccc(C3CCCCC3)cc2)cc(Br)c1OCC(=O)N(C)C. The summed E-state index contributed by atoms with van der Waals surface area (Å²) in [7, 11) is 4.88. The summed E-state index contributed by atoms with van der Waals surface area (Å²) in [6.45, 7) is -0.0908. The minimum absolute atomic E-state index is 0.0489. The normalized spacial score (nSPS) is 14.4. The van der Waals surface area contributed by atoms with Crippen LogP contribution in [-0.2, 0) is 4.79 Å². The first-order valence-corrected chi connectivity index (χ1v) is 11.7. The van der Waals surface area contributed by atoms with Gasteiger partial charge in [0, 0.05) is 19.7 Å². The summed E-state index contributed by atoms with van der Waals surface area (Å²) >= 11 is 3.47. The van der Waals surface area contributed by atoms with Gasteiger partial charge in [-0.1, -0.05) is 49.6 Å². The number of hydrogen-bond acceptors (Lipinski definition) is 4. The number of ether oxygens (including phenoxy) is 2. The largest absolute Gasteiger partial charge is 0.493 e. The van der Waals surface area contributed by atoms with E-state index >= 15 is 0 Å². The van der Waals surface area contributed by atoms with Crippen molar-refractivity contribution in [3.05, 3.63) is 63.6 Å². The number of ketones is 1. The molecule has 0 spiro atoms. The lowest BCUT2D eigenvalue weighted by atomic mass is 9.84. The molecule has 2 aromatic carbocycles. The summed E-state index contributed by atoms with van der Waals surface area (Å²) in [5.41, 5.74) is 2.79. The molecule has 0 atom stereocenters. The first kappa shape index (κ1) is 24.1. The second-order valence-corrected chi connectivity index (χ2v) is 9.12. The molecule has 5 nitrogen and oxygen atoms in total. The molecule has 1 amide bonds. The van der Waals surface area contributed by atoms with E-state index in [4.69, 9.17) is 9.47 Å². The average Bonchev–Trinajstić information content (AvgIpc) is 2.81. The zero-order valence-corrected chi connectivity index (χ0v) is 20.5. The quantitative estimate of drug-likeness (QED) is 0.336. The number of methoxy groups -OCH3 is 1. The third-order valence-electron chi connectivity index (χ3n) is 5.79. The van der Waals surface area contributed by atoms with Crippen molar-refractivity contribution in [2.24, 2.45) is 0 Å². The Morgan fingerprint density at radius 3 is 2.41 bits per heavy atom. The zero-order chi connectivity index (χ0) is 23.1. The molecule has 32 heavy (non-hydrogen) atoms. The lowest BCUT2D eigenvalue weighted by molar-refractivity contribution is -0.130. The molecule has 0 saturated heterocycles. The van der Waals surface area contributed by atoms with E-state index in [-0.39, 0.29) is 18.3 Å². The highest BCUT2D eigenvalue weighted by atomic mass is 79.9. The Hall–Kier alpha value is -2.60. The summed E-state index contributed by atoms with van der Waals surface area (Å²) < 4.78 is 11.7.